The highest BCUT2D eigenvalue weighted by molar-refractivity contribution is 6.32. The number of nitrogens with zero attached hydrogens (tertiary/aromatic N) is 3. The van der Waals surface area contributed by atoms with E-state index in [1.807, 2.05) is 25.7 Å². The number of carbonyl (C=O) groups is 1. The third-order valence-electron chi connectivity index (χ3n) is 4.82. The molecule has 3 heterocycles. The smallest absolute Gasteiger partial charge is 0.410 e. The molecule has 8 nitrogen and oxygen atoms in total. The van der Waals surface area contributed by atoms with Crippen LogP contribution < -0.4 is 10.1 Å². The van der Waals surface area contributed by atoms with Gasteiger partial charge in [0.05, 0.1) is 31.9 Å². The molecule has 162 valence electrons. The molecular formula is C19H28Cl2N4O4. The molecule has 1 aromatic heterocycles. The summed E-state index contributed by atoms with van der Waals surface area (Å²) < 4.78 is 16.9. The maximum atomic E-state index is 12.6. The second-order valence-electron chi connectivity index (χ2n) is 8.38. The average Bonchev–Trinajstić information content (AvgIpc) is 2.62. The van der Waals surface area contributed by atoms with Gasteiger partial charge >= 0.3 is 6.09 Å². The minimum Gasteiger partial charge on any atom is -0.490 e. The lowest BCUT2D eigenvalue weighted by atomic mass is 9.90. The van der Waals surface area contributed by atoms with Crippen molar-refractivity contribution in [3.63, 3.8) is 0 Å². The highest BCUT2D eigenvalue weighted by Crippen LogP contribution is 2.29. The Balaban J connectivity index is 1.43. The standard InChI is InChI=1S/C19H28Cl2N4O4/c1-19(2,3)29-18(26)25-13-7-12(8-14(25)11-27-10-13)22-5-4-6-28-15-9-16(20)23-24-17(15)21/h9,12-14,22H,4-8,10-11H2,1-3H3/t12?,13-,14+. The Bertz CT molecular complexity index is 702. The Kier molecular flexibility index (Phi) is 7.42. The van der Waals surface area contributed by atoms with Crippen molar-refractivity contribution < 1.29 is 19.0 Å². The molecule has 3 atom stereocenters. The van der Waals surface area contributed by atoms with E-state index in [0.717, 1.165) is 25.8 Å². The zero-order valence-corrected chi connectivity index (χ0v) is 18.5. The number of aromatic nitrogens is 2. The van der Waals surface area contributed by atoms with Crippen molar-refractivity contribution in [2.45, 2.75) is 63.8 Å². The van der Waals surface area contributed by atoms with Crippen LogP contribution in [0.25, 0.3) is 0 Å². The van der Waals surface area contributed by atoms with Crippen LogP contribution in [0.4, 0.5) is 4.79 Å². The molecule has 1 N–H and O–H groups in total. The van der Waals surface area contributed by atoms with Crippen LogP contribution in [-0.2, 0) is 9.47 Å². The number of hydrogen-bond acceptors (Lipinski definition) is 7. The van der Waals surface area contributed by atoms with Crippen LogP contribution in [0.5, 0.6) is 5.75 Å². The third kappa shape index (κ3) is 6.31. The normalized spacial score (nSPS) is 24.3. The second-order valence-corrected chi connectivity index (χ2v) is 9.12. The van der Waals surface area contributed by atoms with Gasteiger partial charge in [-0.1, -0.05) is 23.2 Å². The van der Waals surface area contributed by atoms with E-state index in [2.05, 4.69) is 15.5 Å². The number of ether oxygens (including phenoxy) is 3. The number of amides is 1. The number of piperidine rings is 1. The quantitative estimate of drug-likeness (QED) is 0.670. The topological polar surface area (TPSA) is 85.8 Å². The summed E-state index contributed by atoms with van der Waals surface area (Å²) in [5.41, 5.74) is -0.501. The molecule has 10 heteroatoms. The summed E-state index contributed by atoms with van der Waals surface area (Å²) in [6.07, 6.45) is 2.23. The summed E-state index contributed by atoms with van der Waals surface area (Å²) in [4.78, 5) is 14.5. The monoisotopic (exact) mass is 446 g/mol. The predicted molar refractivity (Wildman–Crippen MR) is 110 cm³/mol. The molecule has 2 fully saturated rings. The van der Waals surface area contributed by atoms with E-state index >= 15 is 0 Å². The Morgan fingerprint density at radius 2 is 1.97 bits per heavy atom. The molecule has 29 heavy (non-hydrogen) atoms. The maximum absolute atomic E-state index is 12.6. The summed E-state index contributed by atoms with van der Waals surface area (Å²) in [6.45, 7) is 8.03. The van der Waals surface area contributed by atoms with Crippen molar-refractivity contribution in [2.75, 3.05) is 26.4 Å². The van der Waals surface area contributed by atoms with Crippen LogP contribution in [0.2, 0.25) is 10.3 Å². The van der Waals surface area contributed by atoms with Gasteiger partial charge in [0.25, 0.3) is 0 Å². The molecule has 0 saturated carbocycles. The average molecular weight is 447 g/mol. The Morgan fingerprint density at radius 3 is 2.62 bits per heavy atom. The summed E-state index contributed by atoms with van der Waals surface area (Å²) in [5.74, 6) is 0.434. The molecule has 0 aromatic carbocycles. The van der Waals surface area contributed by atoms with E-state index in [-0.39, 0.29) is 28.5 Å². The van der Waals surface area contributed by atoms with Crippen LogP contribution in [0, 0.1) is 0 Å². The van der Waals surface area contributed by atoms with E-state index in [0.29, 0.717) is 31.6 Å². The second kappa shape index (κ2) is 9.64. The van der Waals surface area contributed by atoms with Crippen molar-refractivity contribution in [1.29, 1.82) is 0 Å². The van der Waals surface area contributed by atoms with Gasteiger partial charge < -0.3 is 19.5 Å². The van der Waals surface area contributed by atoms with Gasteiger partial charge in [-0.3, -0.25) is 4.90 Å². The fourth-order valence-electron chi connectivity index (χ4n) is 3.69. The molecule has 1 amide bonds. The summed E-state index contributed by atoms with van der Waals surface area (Å²) in [5, 5.41) is 11.4. The molecule has 2 aliphatic heterocycles. The number of fused-ring (bicyclic) bond motifs is 2. The Labute approximate surface area is 181 Å². The van der Waals surface area contributed by atoms with Gasteiger partial charge in [0.15, 0.2) is 16.1 Å². The maximum Gasteiger partial charge on any atom is 0.410 e. The molecule has 3 rings (SSSR count). The Hall–Kier alpha value is -1.35. The van der Waals surface area contributed by atoms with Crippen LogP contribution in [0.3, 0.4) is 0 Å². The van der Waals surface area contributed by atoms with Gasteiger partial charge in [-0.2, -0.15) is 0 Å². The molecule has 1 unspecified atom stereocenters. The third-order valence-corrected chi connectivity index (χ3v) is 5.27. The van der Waals surface area contributed by atoms with Crippen LogP contribution in [0.1, 0.15) is 40.0 Å². The summed E-state index contributed by atoms with van der Waals surface area (Å²) in [6, 6.07) is 1.95. The number of hydrogen-bond donors (Lipinski definition) is 1. The largest absolute Gasteiger partial charge is 0.490 e. The SMILES string of the molecule is CC(C)(C)OC(=O)N1[C@@H]2COC[C@H]1CC(NCCCOc1cc(Cl)nnc1Cl)C2. The number of morpholine rings is 1. The molecule has 1 aromatic rings. The lowest BCUT2D eigenvalue weighted by Crippen LogP contribution is -2.62. The van der Waals surface area contributed by atoms with Crippen molar-refractivity contribution in [1.82, 2.24) is 20.4 Å². The van der Waals surface area contributed by atoms with E-state index in [1.165, 1.54) is 0 Å². The van der Waals surface area contributed by atoms with Gasteiger partial charge in [0.2, 0.25) is 0 Å². The predicted octanol–water partition coefficient (Wildman–Crippen LogP) is 3.31. The molecule has 2 saturated heterocycles. The number of carbonyl (C=O) groups excluding carboxylic acids is 1. The zero-order chi connectivity index (χ0) is 21.0. The fourth-order valence-corrected chi connectivity index (χ4v) is 3.98. The highest BCUT2D eigenvalue weighted by atomic mass is 35.5. The molecular weight excluding hydrogens is 419 g/mol. The van der Waals surface area contributed by atoms with Gasteiger partial charge in [-0.05, 0) is 46.6 Å². The van der Waals surface area contributed by atoms with Crippen molar-refractivity contribution in [3.05, 3.63) is 16.4 Å². The summed E-state index contributed by atoms with van der Waals surface area (Å²) >= 11 is 11.7. The molecule has 2 aliphatic rings. The van der Waals surface area contributed by atoms with Gasteiger partial charge in [-0.15, -0.1) is 10.2 Å². The fraction of sp³-hybridized carbons (Fsp3) is 0.737. The first-order chi connectivity index (χ1) is 13.7. The minimum atomic E-state index is -0.501. The lowest BCUT2D eigenvalue weighted by Gasteiger charge is -2.48. The molecule has 2 bridgehead atoms. The zero-order valence-electron chi connectivity index (χ0n) is 17.0. The van der Waals surface area contributed by atoms with E-state index in [1.54, 1.807) is 6.07 Å². The number of rotatable bonds is 6. The summed E-state index contributed by atoms with van der Waals surface area (Å²) in [7, 11) is 0. The van der Waals surface area contributed by atoms with Crippen molar-refractivity contribution in [3.8, 4) is 5.75 Å². The van der Waals surface area contributed by atoms with Gasteiger partial charge in [0.1, 0.15) is 5.60 Å². The number of halogens is 2. The van der Waals surface area contributed by atoms with Crippen LogP contribution >= 0.6 is 23.2 Å². The van der Waals surface area contributed by atoms with Crippen LogP contribution in [0.15, 0.2) is 6.07 Å². The lowest BCUT2D eigenvalue weighted by molar-refractivity contribution is -0.0842. The van der Waals surface area contributed by atoms with E-state index in [9.17, 15) is 4.79 Å². The molecule has 0 spiro atoms. The highest BCUT2D eigenvalue weighted by Gasteiger charge is 2.43. The molecule has 0 aliphatic carbocycles. The van der Waals surface area contributed by atoms with Gasteiger partial charge in [0, 0.05) is 12.1 Å². The van der Waals surface area contributed by atoms with E-state index < -0.39 is 5.60 Å². The van der Waals surface area contributed by atoms with Crippen molar-refractivity contribution >= 4 is 29.3 Å². The van der Waals surface area contributed by atoms with Gasteiger partial charge in [-0.25, -0.2) is 4.79 Å². The van der Waals surface area contributed by atoms with Crippen molar-refractivity contribution in [2.24, 2.45) is 0 Å². The van der Waals surface area contributed by atoms with E-state index in [4.69, 9.17) is 37.4 Å². The Morgan fingerprint density at radius 1 is 1.28 bits per heavy atom. The first-order valence-corrected chi connectivity index (χ1v) is 10.6. The number of nitrogens with one attached hydrogen (secondary N) is 1. The first kappa shape index (κ1) is 22.3. The first-order valence-electron chi connectivity index (χ1n) is 9.87. The van der Waals surface area contributed by atoms with Crippen LogP contribution in [-0.4, -0.2) is 71.3 Å². The minimum absolute atomic E-state index is 0.0370. The molecule has 0 radical (unpaired) electrons.